The Morgan fingerprint density at radius 3 is 2.48 bits per heavy atom. The number of nitrogens with one attached hydrogen (secondary N) is 1. The minimum atomic E-state index is -0.444. The van der Waals surface area contributed by atoms with Crippen LogP contribution in [-0.4, -0.2) is 11.8 Å². The van der Waals surface area contributed by atoms with Gasteiger partial charge in [0.05, 0.1) is 12.1 Å². The zero-order valence-corrected chi connectivity index (χ0v) is 17.9. The summed E-state index contributed by atoms with van der Waals surface area (Å²) in [5, 5.41) is 4.05. The van der Waals surface area contributed by atoms with Crippen molar-refractivity contribution in [3.05, 3.63) is 112 Å². The fourth-order valence-corrected chi connectivity index (χ4v) is 3.78. The Morgan fingerprint density at radius 1 is 0.903 bits per heavy atom. The molecule has 6 heteroatoms. The van der Waals surface area contributed by atoms with Crippen LogP contribution >= 0.6 is 23.2 Å². The van der Waals surface area contributed by atoms with Crippen molar-refractivity contribution in [2.24, 2.45) is 0 Å². The van der Waals surface area contributed by atoms with Gasteiger partial charge in [-0.05, 0) is 48.0 Å². The number of amides is 2. The quantitative estimate of drug-likeness (QED) is 0.522. The normalized spacial score (nSPS) is 12.3. The van der Waals surface area contributed by atoms with Gasteiger partial charge in [-0.15, -0.1) is 0 Å². The lowest BCUT2D eigenvalue weighted by molar-refractivity contribution is -0.123. The van der Waals surface area contributed by atoms with Crippen molar-refractivity contribution in [3.8, 4) is 0 Å². The van der Waals surface area contributed by atoms with Crippen LogP contribution in [0.3, 0.4) is 0 Å². The van der Waals surface area contributed by atoms with Crippen LogP contribution < -0.4 is 10.2 Å². The van der Waals surface area contributed by atoms with Crippen LogP contribution in [0.15, 0.2) is 91.1 Å². The lowest BCUT2D eigenvalue weighted by Crippen LogP contribution is -2.38. The van der Waals surface area contributed by atoms with Crippen molar-refractivity contribution in [2.75, 3.05) is 10.2 Å². The first-order valence-corrected chi connectivity index (χ1v) is 10.4. The van der Waals surface area contributed by atoms with Gasteiger partial charge in [0.2, 0.25) is 5.91 Å². The second-order valence-corrected chi connectivity index (χ2v) is 7.76. The van der Waals surface area contributed by atoms with Gasteiger partial charge in [-0.2, -0.15) is 0 Å². The summed E-state index contributed by atoms with van der Waals surface area (Å²) in [6.45, 7) is 0. The highest BCUT2D eigenvalue weighted by Crippen LogP contribution is 2.31. The van der Waals surface area contributed by atoms with Gasteiger partial charge in [0.25, 0.3) is 5.91 Å². The summed E-state index contributed by atoms with van der Waals surface area (Å²) >= 11 is 12.4. The molecule has 0 bridgehead atoms. The molecule has 3 aromatic carbocycles. The van der Waals surface area contributed by atoms with Gasteiger partial charge >= 0.3 is 0 Å². The summed E-state index contributed by atoms with van der Waals surface area (Å²) in [5.41, 5.74) is 2.92. The second-order valence-electron chi connectivity index (χ2n) is 6.91. The molecule has 1 aliphatic rings. The Morgan fingerprint density at radius 2 is 1.68 bits per heavy atom. The average molecular weight is 449 g/mol. The number of halogens is 2. The van der Waals surface area contributed by atoms with E-state index in [0.717, 1.165) is 10.6 Å². The molecule has 0 saturated carbocycles. The van der Waals surface area contributed by atoms with Crippen LogP contribution in [0, 0.1) is 0 Å². The molecule has 3 aromatic rings. The number of para-hydroxylation sites is 1. The van der Waals surface area contributed by atoms with E-state index >= 15 is 0 Å². The highest BCUT2D eigenvalue weighted by molar-refractivity contribution is 6.36. The molecular weight excluding hydrogens is 431 g/mol. The lowest BCUT2D eigenvalue weighted by Gasteiger charge is -2.23. The van der Waals surface area contributed by atoms with Crippen molar-refractivity contribution in [1.29, 1.82) is 0 Å². The minimum Gasteiger partial charge on any atom is -0.361 e. The van der Waals surface area contributed by atoms with Crippen molar-refractivity contribution < 1.29 is 9.59 Å². The molecule has 4 rings (SSSR count). The van der Waals surface area contributed by atoms with E-state index in [1.54, 1.807) is 66.9 Å². The van der Waals surface area contributed by atoms with Gasteiger partial charge in [0.15, 0.2) is 0 Å². The third-order valence-corrected chi connectivity index (χ3v) is 5.47. The van der Waals surface area contributed by atoms with Crippen LogP contribution in [0.2, 0.25) is 10.0 Å². The number of nitrogens with zero attached hydrogens (tertiary/aromatic N) is 1. The molecule has 0 saturated heterocycles. The Hall–Kier alpha value is -3.34. The lowest BCUT2D eigenvalue weighted by atomic mass is 10.0. The van der Waals surface area contributed by atoms with Crippen molar-refractivity contribution in [3.63, 3.8) is 0 Å². The number of imide groups is 1. The van der Waals surface area contributed by atoms with Gasteiger partial charge in [-0.25, -0.2) is 4.90 Å². The van der Waals surface area contributed by atoms with E-state index in [0.29, 0.717) is 32.4 Å². The number of anilines is 2. The fraction of sp³-hybridized carbons (Fsp3) is 0.0400. The maximum atomic E-state index is 13.7. The zero-order valence-electron chi connectivity index (χ0n) is 16.4. The Labute approximate surface area is 190 Å². The molecule has 0 aromatic heterocycles. The summed E-state index contributed by atoms with van der Waals surface area (Å²) in [7, 11) is 0. The number of rotatable bonds is 4. The van der Waals surface area contributed by atoms with E-state index in [-0.39, 0.29) is 6.42 Å². The maximum absolute atomic E-state index is 13.7. The summed E-state index contributed by atoms with van der Waals surface area (Å²) in [6.07, 6.45) is 5.15. The predicted molar refractivity (Wildman–Crippen MR) is 126 cm³/mol. The molecule has 0 spiro atoms. The molecule has 1 heterocycles. The van der Waals surface area contributed by atoms with E-state index in [1.807, 2.05) is 24.3 Å². The van der Waals surface area contributed by atoms with Crippen LogP contribution in [0.4, 0.5) is 11.4 Å². The van der Waals surface area contributed by atoms with Crippen molar-refractivity contribution in [2.45, 2.75) is 6.42 Å². The smallest absolute Gasteiger partial charge is 0.265 e. The average Bonchev–Trinajstić information content (AvgIpc) is 2.98. The van der Waals surface area contributed by atoms with Crippen LogP contribution in [0.25, 0.3) is 5.57 Å². The van der Waals surface area contributed by atoms with Gasteiger partial charge in [-0.3, -0.25) is 9.59 Å². The molecule has 4 nitrogen and oxygen atoms in total. The molecule has 154 valence electrons. The molecule has 0 aliphatic carbocycles. The van der Waals surface area contributed by atoms with Gasteiger partial charge in [0.1, 0.15) is 0 Å². The van der Waals surface area contributed by atoms with Gasteiger partial charge < -0.3 is 5.32 Å². The molecule has 1 N–H and O–H groups in total. The molecule has 0 fully saturated rings. The van der Waals surface area contributed by atoms with E-state index in [1.165, 1.54) is 0 Å². The monoisotopic (exact) mass is 448 g/mol. The van der Waals surface area contributed by atoms with Crippen LogP contribution in [0.5, 0.6) is 0 Å². The highest BCUT2D eigenvalue weighted by atomic mass is 35.5. The highest BCUT2D eigenvalue weighted by Gasteiger charge is 2.29. The second kappa shape index (κ2) is 9.21. The summed E-state index contributed by atoms with van der Waals surface area (Å²) in [6, 6.07) is 21.2. The summed E-state index contributed by atoms with van der Waals surface area (Å²) in [5.74, 6) is -0.847. The summed E-state index contributed by atoms with van der Waals surface area (Å²) in [4.78, 5) is 28.3. The van der Waals surface area contributed by atoms with Gasteiger partial charge in [0, 0.05) is 33.1 Å². The minimum absolute atomic E-state index is 0.0268. The fourth-order valence-electron chi connectivity index (χ4n) is 3.40. The number of carbonyl (C=O) groups excluding carboxylic acids is 2. The number of hydrogen-bond donors (Lipinski definition) is 1. The van der Waals surface area contributed by atoms with E-state index < -0.39 is 11.8 Å². The first kappa shape index (κ1) is 20.9. The standard InChI is InChI=1S/C25H18Cl2N2O2/c26-18-8-5-9-19(16-18)29(24(30)15-17-7-1-3-12-22(17)27)25(31)21-11-6-14-28-23-13-4-2-10-20(21)23/h1-14,16,28H,15H2. The third-order valence-electron chi connectivity index (χ3n) is 4.86. The first-order valence-electron chi connectivity index (χ1n) is 9.63. The van der Waals surface area contributed by atoms with Gasteiger partial charge in [-0.1, -0.05) is 65.7 Å². The molecule has 31 heavy (non-hydrogen) atoms. The number of fused-ring (bicyclic) bond motifs is 1. The van der Waals surface area contributed by atoms with E-state index in [4.69, 9.17) is 23.2 Å². The number of allylic oxidation sites excluding steroid dienone is 2. The maximum Gasteiger partial charge on any atom is 0.265 e. The number of benzene rings is 3. The molecule has 0 unspecified atom stereocenters. The molecule has 1 aliphatic heterocycles. The SMILES string of the molecule is O=C(Cc1ccccc1Cl)N(C(=O)C1=CC=CNc2ccccc21)c1cccc(Cl)c1. The van der Waals surface area contributed by atoms with Crippen molar-refractivity contribution in [1.82, 2.24) is 0 Å². The molecule has 0 radical (unpaired) electrons. The molecule has 0 atom stereocenters. The number of hydrogen-bond acceptors (Lipinski definition) is 3. The third kappa shape index (κ3) is 4.55. The Balaban J connectivity index is 1.77. The largest absolute Gasteiger partial charge is 0.361 e. The van der Waals surface area contributed by atoms with Crippen LogP contribution in [-0.2, 0) is 16.0 Å². The summed E-state index contributed by atoms with van der Waals surface area (Å²) < 4.78 is 0. The molecule has 2 amide bonds. The Kier molecular flexibility index (Phi) is 6.21. The van der Waals surface area contributed by atoms with E-state index in [2.05, 4.69) is 5.32 Å². The first-order chi connectivity index (χ1) is 15.0. The number of carbonyl (C=O) groups is 2. The van der Waals surface area contributed by atoms with E-state index in [9.17, 15) is 9.59 Å². The zero-order chi connectivity index (χ0) is 21.8. The molecular formula is C25H18Cl2N2O2. The topological polar surface area (TPSA) is 49.4 Å². The van der Waals surface area contributed by atoms with Crippen LogP contribution in [0.1, 0.15) is 11.1 Å². The predicted octanol–water partition coefficient (Wildman–Crippen LogP) is 6.12. The van der Waals surface area contributed by atoms with Crippen molar-refractivity contribution >= 4 is 52.0 Å². The Bertz CT molecular complexity index is 1220.